The summed E-state index contributed by atoms with van der Waals surface area (Å²) in [7, 11) is 2.12. The SMILES string of the molecule is C=C/C(=C(\CN(C)C(CC(N)N)C(=C)C)C(C)(C)C)C(C)(C)C. The molecule has 0 bridgehead atoms. The van der Waals surface area contributed by atoms with Gasteiger partial charge in [0.15, 0.2) is 0 Å². The molecule has 0 rings (SSSR count). The Bertz CT molecular complexity index is 444. The van der Waals surface area contributed by atoms with Crippen LogP contribution in [-0.4, -0.2) is 30.7 Å². The average Bonchev–Trinajstić information content (AvgIpc) is 2.31. The summed E-state index contributed by atoms with van der Waals surface area (Å²) in [5.74, 6) is 0. The molecule has 1 atom stereocenters. The Morgan fingerprint density at radius 3 is 1.83 bits per heavy atom. The molecule has 0 aliphatic rings. The molecule has 0 aromatic carbocycles. The summed E-state index contributed by atoms with van der Waals surface area (Å²) in [6, 6.07) is 0.179. The molecule has 0 fully saturated rings. The number of hydrogen-bond donors (Lipinski definition) is 2. The molecule has 0 heterocycles. The van der Waals surface area contributed by atoms with E-state index in [1.54, 1.807) is 0 Å². The van der Waals surface area contributed by atoms with Gasteiger partial charge in [-0.3, -0.25) is 4.90 Å². The van der Waals surface area contributed by atoms with Crippen molar-refractivity contribution < 1.29 is 0 Å². The third-order valence-electron chi connectivity index (χ3n) is 4.25. The summed E-state index contributed by atoms with van der Waals surface area (Å²) in [4.78, 5) is 2.31. The maximum atomic E-state index is 5.82. The molecule has 0 amide bonds. The Balaban J connectivity index is 5.78. The lowest BCUT2D eigenvalue weighted by Crippen LogP contribution is -2.43. The number of likely N-dealkylation sites (N-methyl/N-ethyl adjacent to an activating group) is 1. The predicted octanol–water partition coefficient (Wildman–Crippen LogP) is 4.07. The van der Waals surface area contributed by atoms with Crippen LogP contribution < -0.4 is 11.5 Å². The first-order valence-corrected chi connectivity index (χ1v) is 8.45. The van der Waals surface area contributed by atoms with Crippen molar-refractivity contribution in [1.29, 1.82) is 0 Å². The van der Waals surface area contributed by atoms with Gasteiger partial charge in [-0.2, -0.15) is 0 Å². The van der Waals surface area contributed by atoms with Crippen LogP contribution in [0.5, 0.6) is 0 Å². The molecule has 0 aliphatic heterocycles. The number of rotatable bonds is 7. The van der Waals surface area contributed by atoms with Gasteiger partial charge >= 0.3 is 0 Å². The first-order chi connectivity index (χ1) is 10.2. The largest absolute Gasteiger partial charge is 0.316 e. The molecule has 0 radical (unpaired) electrons. The smallest absolute Gasteiger partial charge is 0.0539 e. The fraction of sp³-hybridized carbons (Fsp3) is 0.700. The van der Waals surface area contributed by atoms with Crippen molar-refractivity contribution in [2.75, 3.05) is 13.6 Å². The summed E-state index contributed by atoms with van der Waals surface area (Å²) in [5.41, 5.74) is 15.6. The lowest BCUT2D eigenvalue weighted by Gasteiger charge is -2.37. The van der Waals surface area contributed by atoms with Crippen molar-refractivity contribution in [2.24, 2.45) is 22.3 Å². The summed E-state index contributed by atoms with van der Waals surface area (Å²) in [6.07, 6.45) is 2.39. The van der Waals surface area contributed by atoms with Gasteiger partial charge in [0.05, 0.1) is 6.17 Å². The number of hydrogen-bond acceptors (Lipinski definition) is 3. The second kappa shape index (κ2) is 8.27. The molecule has 0 saturated carbocycles. The zero-order valence-electron chi connectivity index (χ0n) is 16.7. The molecule has 0 aliphatic carbocycles. The highest BCUT2D eigenvalue weighted by Crippen LogP contribution is 2.37. The van der Waals surface area contributed by atoms with Gasteiger partial charge in [0.1, 0.15) is 0 Å². The van der Waals surface area contributed by atoms with Crippen molar-refractivity contribution in [3.05, 3.63) is 36.0 Å². The highest BCUT2D eigenvalue weighted by atomic mass is 15.1. The van der Waals surface area contributed by atoms with E-state index in [-0.39, 0.29) is 23.0 Å². The number of allylic oxidation sites excluding steroid dienone is 2. The molecule has 3 nitrogen and oxygen atoms in total. The van der Waals surface area contributed by atoms with E-state index in [4.69, 9.17) is 11.5 Å². The second-order valence-corrected chi connectivity index (χ2v) is 8.77. The molecule has 23 heavy (non-hydrogen) atoms. The minimum Gasteiger partial charge on any atom is -0.316 e. The van der Waals surface area contributed by atoms with Gasteiger partial charge in [-0.05, 0) is 42.4 Å². The van der Waals surface area contributed by atoms with Crippen molar-refractivity contribution in [3.63, 3.8) is 0 Å². The standard InChI is InChI=1S/C20H39N3/c1-11-15(19(4,5)6)16(20(7,8)9)13-23(10)17(14(2)3)12-18(21)22/h11,17-18H,1-2,12-13,21-22H2,3-10H3/b16-15-. The maximum absolute atomic E-state index is 5.82. The predicted molar refractivity (Wildman–Crippen MR) is 104 cm³/mol. The summed E-state index contributed by atoms with van der Waals surface area (Å²) < 4.78 is 0. The molecule has 4 N–H and O–H groups in total. The summed E-state index contributed by atoms with van der Waals surface area (Å²) in [6.45, 7) is 24.6. The van der Waals surface area contributed by atoms with E-state index in [1.165, 1.54) is 11.1 Å². The Hall–Kier alpha value is -0.900. The van der Waals surface area contributed by atoms with E-state index in [0.717, 1.165) is 12.1 Å². The van der Waals surface area contributed by atoms with Gasteiger partial charge in [0.25, 0.3) is 0 Å². The van der Waals surface area contributed by atoms with E-state index < -0.39 is 0 Å². The van der Waals surface area contributed by atoms with E-state index in [9.17, 15) is 0 Å². The topological polar surface area (TPSA) is 55.3 Å². The summed E-state index contributed by atoms with van der Waals surface area (Å²) >= 11 is 0. The fourth-order valence-corrected chi connectivity index (χ4v) is 2.98. The van der Waals surface area contributed by atoms with Crippen LogP contribution in [0.15, 0.2) is 36.0 Å². The Kier molecular flexibility index (Phi) is 7.95. The van der Waals surface area contributed by atoms with Gasteiger partial charge < -0.3 is 11.5 Å². The molecule has 0 aromatic rings. The molecule has 3 heteroatoms. The Labute approximate surface area is 144 Å². The molecule has 1 unspecified atom stereocenters. The van der Waals surface area contributed by atoms with E-state index in [1.807, 2.05) is 13.0 Å². The maximum Gasteiger partial charge on any atom is 0.0539 e. The highest BCUT2D eigenvalue weighted by molar-refractivity contribution is 5.34. The number of nitrogens with zero attached hydrogens (tertiary/aromatic N) is 1. The molecule has 0 saturated heterocycles. The van der Waals surface area contributed by atoms with Crippen LogP contribution in [0.2, 0.25) is 0 Å². The fourth-order valence-electron chi connectivity index (χ4n) is 2.98. The van der Waals surface area contributed by atoms with Crippen LogP contribution >= 0.6 is 0 Å². The van der Waals surface area contributed by atoms with Gasteiger partial charge in [-0.15, -0.1) is 0 Å². The third kappa shape index (κ3) is 7.03. The molecule has 0 spiro atoms. The van der Waals surface area contributed by atoms with Crippen molar-refractivity contribution in [2.45, 2.75) is 67.1 Å². The molecule has 0 aromatic heterocycles. The molecular weight excluding hydrogens is 282 g/mol. The van der Waals surface area contributed by atoms with E-state index in [0.29, 0.717) is 6.42 Å². The average molecular weight is 322 g/mol. The van der Waals surface area contributed by atoms with Gasteiger partial charge in [0.2, 0.25) is 0 Å². The first-order valence-electron chi connectivity index (χ1n) is 8.45. The lowest BCUT2D eigenvalue weighted by atomic mass is 9.74. The Morgan fingerprint density at radius 1 is 1.09 bits per heavy atom. The van der Waals surface area contributed by atoms with Crippen molar-refractivity contribution in [3.8, 4) is 0 Å². The van der Waals surface area contributed by atoms with Gasteiger partial charge in [0, 0.05) is 12.6 Å². The van der Waals surface area contributed by atoms with E-state index in [2.05, 4.69) is 66.6 Å². The van der Waals surface area contributed by atoms with Crippen LogP contribution in [-0.2, 0) is 0 Å². The van der Waals surface area contributed by atoms with Crippen LogP contribution in [0.3, 0.4) is 0 Å². The molecular formula is C20H39N3. The normalized spacial score (nSPS) is 15.7. The van der Waals surface area contributed by atoms with Crippen LogP contribution in [0.25, 0.3) is 0 Å². The zero-order chi connectivity index (χ0) is 18.6. The minimum absolute atomic E-state index is 0.0637. The van der Waals surface area contributed by atoms with Gasteiger partial charge in [-0.25, -0.2) is 0 Å². The van der Waals surface area contributed by atoms with Gasteiger partial charge in [-0.1, -0.05) is 66.3 Å². The van der Waals surface area contributed by atoms with Crippen molar-refractivity contribution >= 4 is 0 Å². The van der Waals surface area contributed by atoms with Crippen LogP contribution in [0.1, 0.15) is 54.9 Å². The van der Waals surface area contributed by atoms with E-state index >= 15 is 0 Å². The quantitative estimate of drug-likeness (QED) is 0.422. The second-order valence-electron chi connectivity index (χ2n) is 8.77. The molecule has 134 valence electrons. The van der Waals surface area contributed by atoms with Crippen LogP contribution in [0, 0.1) is 10.8 Å². The first kappa shape index (κ1) is 22.1. The third-order valence-corrected chi connectivity index (χ3v) is 4.25. The Morgan fingerprint density at radius 2 is 1.57 bits per heavy atom. The monoisotopic (exact) mass is 321 g/mol. The summed E-state index contributed by atoms with van der Waals surface area (Å²) in [5, 5.41) is 0. The van der Waals surface area contributed by atoms with Crippen LogP contribution in [0.4, 0.5) is 0 Å². The zero-order valence-corrected chi connectivity index (χ0v) is 16.7. The minimum atomic E-state index is -0.331. The lowest BCUT2D eigenvalue weighted by molar-refractivity contribution is 0.250. The highest BCUT2D eigenvalue weighted by Gasteiger charge is 2.29. The number of nitrogens with two attached hydrogens (primary N) is 2. The van der Waals surface area contributed by atoms with Crippen molar-refractivity contribution in [1.82, 2.24) is 4.90 Å².